The summed E-state index contributed by atoms with van der Waals surface area (Å²) in [5.41, 5.74) is -0.139. The van der Waals surface area contributed by atoms with Crippen LogP contribution < -0.4 is 0 Å². The summed E-state index contributed by atoms with van der Waals surface area (Å²) in [6.07, 6.45) is -1.22. The number of alkyl halides is 1. The molecule has 110 valence electrons. The Morgan fingerprint density at radius 2 is 2.21 bits per heavy atom. The molecule has 0 radical (unpaired) electrons. The Labute approximate surface area is 113 Å². The minimum Gasteiger partial charge on any atom is -0.444 e. The molecule has 0 saturated carbocycles. The highest BCUT2D eigenvalue weighted by Crippen LogP contribution is 2.22. The smallest absolute Gasteiger partial charge is 0.410 e. The summed E-state index contributed by atoms with van der Waals surface area (Å²) in [6, 6.07) is 0. The van der Waals surface area contributed by atoms with Crippen LogP contribution in [0.25, 0.3) is 0 Å². The van der Waals surface area contributed by atoms with E-state index in [-0.39, 0.29) is 6.54 Å². The molecular formula is C13H22FNO4. The molecule has 0 bridgehead atoms. The Morgan fingerprint density at radius 3 is 2.68 bits per heavy atom. The van der Waals surface area contributed by atoms with Gasteiger partial charge in [0.05, 0.1) is 6.54 Å². The van der Waals surface area contributed by atoms with Crippen molar-refractivity contribution in [1.82, 2.24) is 4.90 Å². The molecule has 2 atom stereocenters. The van der Waals surface area contributed by atoms with Gasteiger partial charge in [0.1, 0.15) is 11.8 Å². The average molecular weight is 275 g/mol. The van der Waals surface area contributed by atoms with E-state index < -0.39 is 24.2 Å². The number of rotatable bonds is 2. The quantitative estimate of drug-likeness (QED) is 0.617. The highest BCUT2D eigenvalue weighted by molar-refractivity contribution is 5.68. The summed E-state index contributed by atoms with van der Waals surface area (Å²) in [5, 5.41) is 9.29. The van der Waals surface area contributed by atoms with E-state index in [9.17, 15) is 14.3 Å². The SMILES string of the molecule is COC(O)C=C1CCN(C(=O)OC(C)(C)C)CC1F. The molecule has 1 N–H and O–H groups in total. The first-order chi connectivity index (χ1) is 8.73. The Bertz CT molecular complexity index is 351. The van der Waals surface area contributed by atoms with Crippen molar-refractivity contribution in [3.05, 3.63) is 11.6 Å². The highest BCUT2D eigenvalue weighted by Gasteiger charge is 2.30. The number of methoxy groups -OCH3 is 1. The molecule has 1 aliphatic rings. The fourth-order valence-electron chi connectivity index (χ4n) is 1.75. The van der Waals surface area contributed by atoms with E-state index in [1.165, 1.54) is 18.1 Å². The van der Waals surface area contributed by atoms with Gasteiger partial charge >= 0.3 is 6.09 Å². The van der Waals surface area contributed by atoms with Crippen LogP contribution in [0.15, 0.2) is 11.6 Å². The molecule has 1 amide bonds. The van der Waals surface area contributed by atoms with Crippen LogP contribution in [0.3, 0.4) is 0 Å². The number of nitrogens with zero attached hydrogens (tertiary/aromatic N) is 1. The molecule has 1 rings (SSSR count). The molecular weight excluding hydrogens is 253 g/mol. The molecule has 0 aliphatic carbocycles. The molecule has 1 aliphatic heterocycles. The zero-order valence-corrected chi connectivity index (χ0v) is 11.9. The minimum atomic E-state index is -1.30. The maximum Gasteiger partial charge on any atom is 0.410 e. The second-order valence-corrected chi connectivity index (χ2v) is 5.51. The predicted molar refractivity (Wildman–Crippen MR) is 68.4 cm³/mol. The highest BCUT2D eigenvalue weighted by atomic mass is 19.1. The zero-order chi connectivity index (χ0) is 14.6. The molecule has 0 aromatic heterocycles. The molecule has 19 heavy (non-hydrogen) atoms. The molecule has 6 heteroatoms. The summed E-state index contributed by atoms with van der Waals surface area (Å²) in [6.45, 7) is 5.61. The second-order valence-electron chi connectivity index (χ2n) is 5.51. The predicted octanol–water partition coefficient (Wildman–Crippen LogP) is 1.86. The molecule has 0 spiro atoms. The van der Waals surface area contributed by atoms with Gasteiger partial charge in [0.2, 0.25) is 0 Å². The summed E-state index contributed by atoms with van der Waals surface area (Å²) in [4.78, 5) is 13.1. The van der Waals surface area contributed by atoms with Crippen LogP contribution in [0.5, 0.6) is 0 Å². The van der Waals surface area contributed by atoms with Crippen molar-refractivity contribution in [3.63, 3.8) is 0 Å². The minimum absolute atomic E-state index is 0.0584. The van der Waals surface area contributed by atoms with Gasteiger partial charge in [-0.3, -0.25) is 0 Å². The molecule has 2 unspecified atom stereocenters. The van der Waals surface area contributed by atoms with Gasteiger partial charge in [-0.25, -0.2) is 9.18 Å². The van der Waals surface area contributed by atoms with Crippen molar-refractivity contribution in [2.75, 3.05) is 20.2 Å². The molecule has 5 nitrogen and oxygen atoms in total. The number of aliphatic hydroxyl groups excluding tert-OH is 1. The number of aliphatic hydroxyl groups is 1. The second kappa shape index (κ2) is 6.34. The van der Waals surface area contributed by atoms with Crippen molar-refractivity contribution in [2.45, 2.75) is 45.3 Å². The van der Waals surface area contributed by atoms with Crippen molar-refractivity contribution in [1.29, 1.82) is 0 Å². The van der Waals surface area contributed by atoms with Crippen LogP contribution in [-0.2, 0) is 9.47 Å². The third-order valence-electron chi connectivity index (χ3n) is 2.70. The summed E-state index contributed by atoms with van der Waals surface area (Å²) in [7, 11) is 1.34. The number of piperidine rings is 1. The van der Waals surface area contributed by atoms with Gasteiger partial charge in [-0.1, -0.05) is 0 Å². The van der Waals surface area contributed by atoms with Crippen LogP contribution in [0.2, 0.25) is 0 Å². The number of hydrogen-bond acceptors (Lipinski definition) is 4. The van der Waals surface area contributed by atoms with Crippen molar-refractivity contribution in [3.8, 4) is 0 Å². The lowest BCUT2D eigenvalue weighted by molar-refractivity contribution is -0.0372. The van der Waals surface area contributed by atoms with Crippen LogP contribution in [0.4, 0.5) is 9.18 Å². The topological polar surface area (TPSA) is 59.0 Å². The van der Waals surface area contributed by atoms with Gasteiger partial charge in [0, 0.05) is 13.7 Å². The number of ether oxygens (including phenoxy) is 2. The summed E-state index contributed by atoms with van der Waals surface area (Å²) in [5.74, 6) is 0. The fraction of sp³-hybridized carbons (Fsp3) is 0.769. The number of carbonyl (C=O) groups excluding carboxylic acids is 1. The van der Waals surface area contributed by atoms with E-state index in [0.717, 1.165) is 0 Å². The lowest BCUT2D eigenvalue weighted by Gasteiger charge is -2.32. The summed E-state index contributed by atoms with van der Waals surface area (Å²) < 4.78 is 23.7. The lowest BCUT2D eigenvalue weighted by atomic mass is 10.0. The summed E-state index contributed by atoms with van der Waals surface area (Å²) >= 11 is 0. The molecule has 1 fully saturated rings. The zero-order valence-electron chi connectivity index (χ0n) is 11.9. The number of amides is 1. The van der Waals surface area contributed by atoms with Crippen LogP contribution in [0.1, 0.15) is 27.2 Å². The van der Waals surface area contributed by atoms with E-state index >= 15 is 0 Å². The van der Waals surface area contributed by atoms with E-state index in [2.05, 4.69) is 4.74 Å². The van der Waals surface area contributed by atoms with Crippen LogP contribution in [-0.4, -0.2) is 54.4 Å². The third kappa shape index (κ3) is 5.16. The molecule has 0 aromatic carbocycles. The van der Waals surface area contributed by atoms with Crippen LogP contribution in [0, 0.1) is 0 Å². The average Bonchev–Trinajstić information content (AvgIpc) is 2.29. The first kappa shape index (κ1) is 15.9. The van der Waals surface area contributed by atoms with Crippen molar-refractivity contribution < 1.29 is 23.8 Å². The number of likely N-dealkylation sites (tertiary alicyclic amines) is 1. The normalized spacial score (nSPS) is 24.4. The maximum atomic E-state index is 13.9. The third-order valence-corrected chi connectivity index (χ3v) is 2.70. The van der Waals surface area contributed by atoms with E-state index in [1.54, 1.807) is 20.8 Å². The van der Waals surface area contributed by atoms with Gasteiger partial charge in [-0.2, -0.15) is 0 Å². The van der Waals surface area contributed by atoms with Gasteiger partial charge < -0.3 is 19.5 Å². The van der Waals surface area contributed by atoms with Crippen molar-refractivity contribution >= 4 is 6.09 Å². The molecule has 1 heterocycles. The number of carbonyl (C=O) groups is 1. The van der Waals surface area contributed by atoms with Crippen molar-refractivity contribution in [2.24, 2.45) is 0 Å². The largest absolute Gasteiger partial charge is 0.444 e. The van der Waals surface area contributed by atoms with Gasteiger partial charge in [0.25, 0.3) is 0 Å². The Morgan fingerprint density at radius 1 is 1.58 bits per heavy atom. The van der Waals surface area contributed by atoms with Gasteiger partial charge in [-0.05, 0) is 38.8 Å². The monoisotopic (exact) mass is 275 g/mol. The Hall–Kier alpha value is -1.14. The Balaban J connectivity index is 2.59. The lowest BCUT2D eigenvalue weighted by Crippen LogP contribution is -2.44. The first-order valence-corrected chi connectivity index (χ1v) is 6.26. The van der Waals surface area contributed by atoms with Gasteiger partial charge in [-0.15, -0.1) is 0 Å². The van der Waals surface area contributed by atoms with Crippen LogP contribution >= 0.6 is 0 Å². The maximum absolute atomic E-state index is 13.9. The number of halogens is 1. The number of hydrogen-bond donors (Lipinski definition) is 1. The van der Waals surface area contributed by atoms with E-state index in [1.807, 2.05) is 0 Å². The van der Waals surface area contributed by atoms with Gasteiger partial charge in [0.15, 0.2) is 6.29 Å². The Kier molecular flexibility index (Phi) is 5.31. The molecule has 0 aromatic rings. The first-order valence-electron chi connectivity index (χ1n) is 6.26. The van der Waals surface area contributed by atoms with E-state index in [0.29, 0.717) is 18.5 Å². The standard InChI is InChI=1S/C13H22FNO4/c1-13(2,3)19-12(17)15-6-5-9(10(14)8-15)7-11(16)18-4/h7,10-11,16H,5-6,8H2,1-4H3. The van der Waals surface area contributed by atoms with E-state index in [4.69, 9.17) is 4.74 Å². The molecule has 1 saturated heterocycles. The fourth-order valence-corrected chi connectivity index (χ4v) is 1.75.